The minimum Gasteiger partial charge on any atom is -0.284 e. The molecule has 2 atom stereocenters. The van der Waals surface area contributed by atoms with Crippen LogP contribution in [0.5, 0.6) is 0 Å². The van der Waals surface area contributed by atoms with E-state index in [1.807, 2.05) is 41.5 Å². The van der Waals surface area contributed by atoms with Gasteiger partial charge in [0.2, 0.25) is 0 Å². The molecule has 15 heavy (non-hydrogen) atoms. The van der Waals surface area contributed by atoms with Gasteiger partial charge in [-0.15, -0.1) is 0 Å². The molecule has 0 aliphatic carbocycles. The summed E-state index contributed by atoms with van der Waals surface area (Å²) in [6, 6.07) is 0. The molecule has 0 aromatic rings. The molecular formula is C10H21O4P. The predicted molar refractivity (Wildman–Crippen MR) is 58.7 cm³/mol. The summed E-state index contributed by atoms with van der Waals surface area (Å²) in [4.78, 5) is 0. The number of hydrogen-bond acceptors (Lipinski definition) is 4. The molecule has 1 fully saturated rings. The zero-order valence-corrected chi connectivity index (χ0v) is 11.3. The first-order valence-corrected chi connectivity index (χ1v) is 6.62. The Kier molecular flexibility index (Phi) is 3.38. The molecule has 0 amide bonds. The van der Waals surface area contributed by atoms with E-state index >= 15 is 0 Å². The van der Waals surface area contributed by atoms with Crippen LogP contribution in [0.1, 0.15) is 41.5 Å². The fourth-order valence-electron chi connectivity index (χ4n) is 1.17. The quantitative estimate of drug-likeness (QED) is 0.655. The van der Waals surface area contributed by atoms with Gasteiger partial charge in [-0.05, 0) is 26.2 Å². The first-order chi connectivity index (χ1) is 6.52. The SMILES string of the molecule is CC(C)(C)OP1(=O)OCC(C(C)(C)C)O1. The van der Waals surface area contributed by atoms with E-state index in [4.69, 9.17) is 13.6 Å². The van der Waals surface area contributed by atoms with Crippen LogP contribution in [-0.2, 0) is 18.1 Å². The highest BCUT2D eigenvalue weighted by Crippen LogP contribution is 2.59. The van der Waals surface area contributed by atoms with E-state index in [1.165, 1.54) is 0 Å². The maximum Gasteiger partial charge on any atom is 0.475 e. The van der Waals surface area contributed by atoms with Crippen LogP contribution in [0.15, 0.2) is 0 Å². The van der Waals surface area contributed by atoms with Crippen molar-refractivity contribution < 1.29 is 18.1 Å². The van der Waals surface area contributed by atoms with Crippen molar-refractivity contribution in [2.75, 3.05) is 6.61 Å². The predicted octanol–water partition coefficient (Wildman–Crippen LogP) is 3.37. The van der Waals surface area contributed by atoms with E-state index in [9.17, 15) is 4.57 Å². The van der Waals surface area contributed by atoms with Gasteiger partial charge in [0.1, 0.15) is 0 Å². The number of phosphoric ester groups is 1. The van der Waals surface area contributed by atoms with Gasteiger partial charge in [0.05, 0.1) is 18.3 Å². The van der Waals surface area contributed by atoms with Crippen molar-refractivity contribution in [3.63, 3.8) is 0 Å². The molecule has 0 saturated carbocycles. The molecule has 1 rings (SSSR count). The minimum absolute atomic E-state index is 0.0899. The summed E-state index contributed by atoms with van der Waals surface area (Å²) in [6.07, 6.45) is -0.175. The van der Waals surface area contributed by atoms with E-state index < -0.39 is 13.4 Å². The molecular weight excluding hydrogens is 215 g/mol. The van der Waals surface area contributed by atoms with Gasteiger partial charge in [0.25, 0.3) is 0 Å². The van der Waals surface area contributed by atoms with E-state index in [1.54, 1.807) is 0 Å². The summed E-state index contributed by atoms with van der Waals surface area (Å²) >= 11 is 0. The Morgan fingerprint density at radius 2 is 1.73 bits per heavy atom. The highest BCUT2D eigenvalue weighted by molar-refractivity contribution is 7.48. The zero-order chi connectivity index (χ0) is 11.9. The molecule has 0 spiro atoms. The summed E-state index contributed by atoms with van der Waals surface area (Å²) in [6.45, 7) is 11.9. The lowest BCUT2D eigenvalue weighted by Gasteiger charge is -2.26. The van der Waals surface area contributed by atoms with Gasteiger partial charge in [-0.2, -0.15) is 0 Å². The van der Waals surface area contributed by atoms with Gasteiger partial charge in [-0.3, -0.25) is 13.6 Å². The minimum atomic E-state index is -3.34. The lowest BCUT2D eigenvalue weighted by Crippen LogP contribution is -2.27. The van der Waals surface area contributed by atoms with Gasteiger partial charge in [-0.1, -0.05) is 20.8 Å². The normalized spacial score (nSPS) is 33.3. The fourth-order valence-corrected chi connectivity index (χ4v) is 3.00. The van der Waals surface area contributed by atoms with Gasteiger partial charge >= 0.3 is 7.82 Å². The average molecular weight is 236 g/mol. The van der Waals surface area contributed by atoms with Crippen molar-refractivity contribution in [2.24, 2.45) is 5.41 Å². The molecule has 0 radical (unpaired) electrons. The molecule has 90 valence electrons. The molecule has 0 N–H and O–H groups in total. The van der Waals surface area contributed by atoms with Crippen LogP contribution in [0.25, 0.3) is 0 Å². The monoisotopic (exact) mass is 236 g/mol. The van der Waals surface area contributed by atoms with Crippen molar-refractivity contribution >= 4 is 7.82 Å². The Balaban J connectivity index is 2.66. The number of phosphoric acid groups is 1. The van der Waals surface area contributed by atoms with E-state index in [-0.39, 0.29) is 11.5 Å². The van der Waals surface area contributed by atoms with Crippen LogP contribution in [0, 0.1) is 5.41 Å². The van der Waals surface area contributed by atoms with Gasteiger partial charge in [-0.25, -0.2) is 4.57 Å². The van der Waals surface area contributed by atoms with Crippen molar-refractivity contribution in [1.82, 2.24) is 0 Å². The highest BCUT2D eigenvalue weighted by Gasteiger charge is 2.45. The van der Waals surface area contributed by atoms with E-state index in [2.05, 4.69) is 0 Å². The maximum atomic E-state index is 12.0. The standard InChI is InChI=1S/C10H21O4P/c1-9(2,3)8-7-12-15(11,13-8)14-10(4,5)6/h8H,7H2,1-6H3. The Labute approximate surface area is 91.9 Å². The van der Waals surface area contributed by atoms with E-state index in [0.29, 0.717) is 6.61 Å². The van der Waals surface area contributed by atoms with Gasteiger partial charge < -0.3 is 0 Å². The Morgan fingerprint density at radius 1 is 1.20 bits per heavy atom. The lowest BCUT2D eigenvalue weighted by molar-refractivity contribution is 0.0568. The van der Waals surface area contributed by atoms with Crippen LogP contribution < -0.4 is 0 Å². The smallest absolute Gasteiger partial charge is 0.284 e. The molecule has 0 bridgehead atoms. The Hall–Kier alpha value is 0.110. The summed E-state index contributed by atoms with van der Waals surface area (Å²) in [5.74, 6) is 0. The third-order valence-corrected chi connectivity index (χ3v) is 3.74. The molecule has 0 aromatic heterocycles. The van der Waals surface area contributed by atoms with E-state index in [0.717, 1.165) is 0 Å². The van der Waals surface area contributed by atoms with Gasteiger partial charge in [0.15, 0.2) is 0 Å². The van der Waals surface area contributed by atoms with Crippen molar-refractivity contribution in [1.29, 1.82) is 0 Å². The fraction of sp³-hybridized carbons (Fsp3) is 1.00. The molecule has 1 heterocycles. The van der Waals surface area contributed by atoms with Crippen LogP contribution in [0.4, 0.5) is 0 Å². The first-order valence-electron chi connectivity index (χ1n) is 5.16. The molecule has 2 unspecified atom stereocenters. The third-order valence-electron chi connectivity index (χ3n) is 1.99. The highest BCUT2D eigenvalue weighted by atomic mass is 31.2. The van der Waals surface area contributed by atoms with Crippen LogP contribution >= 0.6 is 7.82 Å². The molecule has 4 nitrogen and oxygen atoms in total. The first kappa shape index (κ1) is 13.2. The summed E-state index contributed by atoms with van der Waals surface area (Å²) in [7, 11) is -3.34. The summed E-state index contributed by atoms with van der Waals surface area (Å²) in [5.41, 5.74) is -0.615. The maximum absolute atomic E-state index is 12.0. The van der Waals surface area contributed by atoms with Crippen LogP contribution in [0.2, 0.25) is 0 Å². The zero-order valence-electron chi connectivity index (χ0n) is 10.4. The van der Waals surface area contributed by atoms with Crippen LogP contribution in [-0.4, -0.2) is 18.3 Å². The van der Waals surface area contributed by atoms with Gasteiger partial charge in [0, 0.05) is 0 Å². The third kappa shape index (κ3) is 3.87. The number of rotatable bonds is 1. The molecule has 0 aromatic carbocycles. The second kappa shape index (κ2) is 3.85. The Bertz CT molecular complexity index is 274. The lowest BCUT2D eigenvalue weighted by atomic mass is 9.90. The summed E-state index contributed by atoms with van der Waals surface area (Å²) < 4.78 is 27.9. The Morgan fingerprint density at radius 3 is 2.07 bits per heavy atom. The van der Waals surface area contributed by atoms with Crippen molar-refractivity contribution in [3.8, 4) is 0 Å². The molecule has 1 aliphatic heterocycles. The second-order valence-electron chi connectivity index (χ2n) is 5.91. The summed E-state index contributed by atoms with van der Waals surface area (Å²) in [5, 5.41) is 0. The van der Waals surface area contributed by atoms with Crippen molar-refractivity contribution in [2.45, 2.75) is 53.2 Å². The topological polar surface area (TPSA) is 44.8 Å². The van der Waals surface area contributed by atoms with Crippen molar-refractivity contribution in [3.05, 3.63) is 0 Å². The molecule has 1 aliphatic rings. The second-order valence-corrected chi connectivity index (χ2v) is 7.45. The number of hydrogen-bond donors (Lipinski definition) is 0. The molecule has 5 heteroatoms. The molecule has 1 saturated heterocycles. The largest absolute Gasteiger partial charge is 0.475 e. The average Bonchev–Trinajstić information content (AvgIpc) is 2.25. The van der Waals surface area contributed by atoms with Crippen LogP contribution in [0.3, 0.4) is 0 Å².